The van der Waals surface area contributed by atoms with Crippen LogP contribution in [0.3, 0.4) is 0 Å². The van der Waals surface area contributed by atoms with Crippen molar-refractivity contribution in [3.8, 4) is 22.1 Å². The van der Waals surface area contributed by atoms with E-state index in [0.29, 0.717) is 26.4 Å². The maximum Gasteiger partial charge on any atom is 0.183 e. The number of hydrogen-bond donors (Lipinski definition) is 1. The fourth-order valence-electron chi connectivity index (χ4n) is 2.88. The zero-order chi connectivity index (χ0) is 18.6. The highest BCUT2D eigenvalue weighted by atomic mass is 32.1. The molecular formula is C19H22N4O3S. The highest BCUT2D eigenvalue weighted by molar-refractivity contribution is 7.19. The van der Waals surface area contributed by atoms with E-state index in [9.17, 15) is 0 Å². The molecule has 0 saturated heterocycles. The SMILES string of the molecule is COCCn1ccc(-c2sc(NCc3ccc4c(c3)OCCO4)nc2C)n1. The summed E-state index contributed by atoms with van der Waals surface area (Å²) in [4.78, 5) is 5.72. The summed E-state index contributed by atoms with van der Waals surface area (Å²) < 4.78 is 18.2. The normalized spacial score (nSPS) is 13.0. The molecule has 3 heterocycles. The summed E-state index contributed by atoms with van der Waals surface area (Å²) in [5.74, 6) is 1.61. The topological polar surface area (TPSA) is 70.4 Å². The van der Waals surface area contributed by atoms with Gasteiger partial charge in [-0.25, -0.2) is 4.98 Å². The molecule has 0 unspecified atom stereocenters. The lowest BCUT2D eigenvalue weighted by Gasteiger charge is -2.18. The number of anilines is 1. The predicted molar refractivity (Wildman–Crippen MR) is 105 cm³/mol. The molecule has 1 aliphatic rings. The molecule has 1 N–H and O–H groups in total. The van der Waals surface area contributed by atoms with Gasteiger partial charge in [-0.15, -0.1) is 0 Å². The average molecular weight is 386 g/mol. The fourth-order valence-corrected chi connectivity index (χ4v) is 3.80. The Balaban J connectivity index is 1.43. The van der Waals surface area contributed by atoms with Crippen LogP contribution in [0.5, 0.6) is 11.5 Å². The molecule has 142 valence electrons. The van der Waals surface area contributed by atoms with Crippen molar-refractivity contribution >= 4 is 16.5 Å². The number of aromatic nitrogens is 3. The van der Waals surface area contributed by atoms with Crippen molar-refractivity contribution in [1.82, 2.24) is 14.8 Å². The molecule has 1 aromatic carbocycles. The van der Waals surface area contributed by atoms with E-state index in [1.54, 1.807) is 18.4 Å². The number of benzene rings is 1. The van der Waals surface area contributed by atoms with Crippen LogP contribution in [0.25, 0.3) is 10.6 Å². The lowest BCUT2D eigenvalue weighted by Crippen LogP contribution is -2.15. The Labute approximate surface area is 161 Å². The van der Waals surface area contributed by atoms with E-state index < -0.39 is 0 Å². The average Bonchev–Trinajstić information content (AvgIpc) is 3.30. The maximum absolute atomic E-state index is 5.64. The molecule has 0 atom stereocenters. The standard InChI is InChI=1S/C19H22N4O3S/c1-13-18(15-5-6-23(22-15)7-8-24-2)27-19(21-13)20-12-14-3-4-16-17(11-14)26-10-9-25-16/h3-6,11H,7-10,12H2,1-2H3,(H,20,21). The molecule has 0 amide bonds. The lowest BCUT2D eigenvalue weighted by molar-refractivity contribution is 0.171. The largest absolute Gasteiger partial charge is 0.486 e. The van der Waals surface area contributed by atoms with Gasteiger partial charge < -0.3 is 19.5 Å². The van der Waals surface area contributed by atoms with Crippen molar-refractivity contribution in [1.29, 1.82) is 0 Å². The summed E-state index contributed by atoms with van der Waals surface area (Å²) in [6.45, 7) is 5.26. The van der Waals surface area contributed by atoms with Gasteiger partial charge in [0, 0.05) is 19.9 Å². The molecule has 0 fully saturated rings. The van der Waals surface area contributed by atoms with Crippen LogP contribution in [0.4, 0.5) is 5.13 Å². The minimum Gasteiger partial charge on any atom is -0.486 e. The molecule has 4 rings (SSSR count). The van der Waals surface area contributed by atoms with Crippen LogP contribution in [0.15, 0.2) is 30.5 Å². The molecule has 2 aromatic heterocycles. The van der Waals surface area contributed by atoms with Crippen LogP contribution in [-0.2, 0) is 17.8 Å². The number of nitrogens with one attached hydrogen (secondary N) is 1. The van der Waals surface area contributed by atoms with Crippen LogP contribution in [0.2, 0.25) is 0 Å². The first-order chi connectivity index (χ1) is 13.2. The summed E-state index contributed by atoms with van der Waals surface area (Å²) in [6.07, 6.45) is 1.97. The molecule has 1 aliphatic heterocycles. The molecule has 7 nitrogen and oxygen atoms in total. The minimum absolute atomic E-state index is 0.593. The van der Waals surface area contributed by atoms with Gasteiger partial charge in [-0.05, 0) is 30.7 Å². The number of rotatable bonds is 7. The monoisotopic (exact) mass is 386 g/mol. The second-order valence-electron chi connectivity index (χ2n) is 6.22. The lowest BCUT2D eigenvalue weighted by atomic mass is 10.2. The van der Waals surface area contributed by atoms with E-state index in [4.69, 9.17) is 14.2 Å². The first-order valence-corrected chi connectivity index (χ1v) is 9.67. The van der Waals surface area contributed by atoms with Crippen molar-refractivity contribution in [2.45, 2.75) is 20.0 Å². The number of nitrogens with zero attached hydrogens (tertiary/aromatic N) is 3. The van der Waals surface area contributed by atoms with Gasteiger partial charge in [0.15, 0.2) is 16.6 Å². The molecule has 27 heavy (non-hydrogen) atoms. The van der Waals surface area contributed by atoms with E-state index in [-0.39, 0.29) is 0 Å². The number of methoxy groups -OCH3 is 1. The molecule has 0 spiro atoms. The Hall–Kier alpha value is -2.58. The Bertz CT molecular complexity index is 922. The first-order valence-electron chi connectivity index (χ1n) is 8.85. The molecule has 0 saturated carbocycles. The van der Waals surface area contributed by atoms with Gasteiger partial charge in [-0.1, -0.05) is 17.4 Å². The number of fused-ring (bicyclic) bond motifs is 1. The number of ether oxygens (including phenoxy) is 3. The molecular weight excluding hydrogens is 364 g/mol. The summed E-state index contributed by atoms with van der Waals surface area (Å²) in [7, 11) is 1.69. The molecule has 0 radical (unpaired) electrons. The first kappa shape index (κ1) is 17.8. The van der Waals surface area contributed by atoms with Crippen LogP contribution in [0.1, 0.15) is 11.3 Å². The van der Waals surface area contributed by atoms with E-state index in [1.165, 1.54) is 0 Å². The van der Waals surface area contributed by atoms with Crippen molar-refractivity contribution < 1.29 is 14.2 Å². The number of thiazole rings is 1. The molecule has 0 bridgehead atoms. The van der Waals surface area contributed by atoms with Crippen LogP contribution in [-0.4, -0.2) is 41.7 Å². The third kappa shape index (κ3) is 4.06. The van der Waals surface area contributed by atoms with Gasteiger partial charge in [0.25, 0.3) is 0 Å². The zero-order valence-corrected chi connectivity index (χ0v) is 16.2. The van der Waals surface area contributed by atoms with Gasteiger partial charge in [0.05, 0.1) is 23.7 Å². The summed E-state index contributed by atoms with van der Waals surface area (Å²) in [5, 5.41) is 8.88. The van der Waals surface area contributed by atoms with E-state index in [1.807, 2.05) is 42.1 Å². The van der Waals surface area contributed by atoms with E-state index in [0.717, 1.165) is 45.0 Å². The third-order valence-electron chi connectivity index (χ3n) is 4.24. The van der Waals surface area contributed by atoms with Crippen molar-refractivity contribution in [2.75, 3.05) is 32.2 Å². The van der Waals surface area contributed by atoms with Gasteiger partial charge in [-0.2, -0.15) is 5.10 Å². The maximum atomic E-state index is 5.64. The second kappa shape index (κ2) is 7.98. The van der Waals surface area contributed by atoms with Crippen LogP contribution >= 0.6 is 11.3 Å². The van der Waals surface area contributed by atoms with Gasteiger partial charge >= 0.3 is 0 Å². The highest BCUT2D eigenvalue weighted by Crippen LogP contribution is 2.33. The zero-order valence-electron chi connectivity index (χ0n) is 15.4. The van der Waals surface area contributed by atoms with Gasteiger partial charge in [0.1, 0.15) is 18.9 Å². The number of aryl methyl sites for hydroxylation is 1. The quantitative estimate of drug-likeness (QED) is 0.672. The van der Waals surface area contributed by atoms with Gasteiger partial charge in [-0.3, -0.25) is 4.68 Å². The molecule has 0 aliphatic carbocycles. The molecule has 8 heteroatoms. The smallest absolute Gasteiger partial charge is 0.183 e. The van der Waals surface area contributed by atoms with E-state index in [2.05, 4.69) is 15.4 Å². The number of hydrogen-bond acceptors (Lipinski definition) is 7. The highest BCUT2D eigenvalue weighted by Gasteiger charge is 2.14. The van der Waals surface area contributed by atoms with Crippen LogP contribution in [0, 0.1) is 6.92 Å². The minimum atomic E-state index is 0.593. The van der Waals surface area contributed by atoms with E-state index >= 15 is 0 Å². The summed E-state index contributed by atoms with van der Waals surface area (Å²) in [6, 6.07) is 8.02. The molecule has 3 aromatic rings. The Morgan fingerprint density at radius 1 is 1.22 bits per heavy atom. The van der Waals surface area contributed by atoms with Gasteiger partial charge in [0.2, 0.25) is 0 Å². The summed E-state index contributed by atoms with van der Waals surface area (Å²) in [5.41, 5.74) is 3.03. The fraction of sp³-hybridized carbons (Fsp3) is 0.368. The van der Waals surface area contributed by atoms with Crippen LogP contribution < -0.4 is 14.8 Å². The van der Waals surface area contributed by atoms with Crippen molar-refractivity contribution in [2.24, 2.45) is 0 Å². The predicted octanol–water partition coefficient (Wildman–Crippen LogP) is 3.34. The van der Waals surface area contributed by atoms with Crippen molar-refractivity contribution in [3.05, 3.63) is 41.7 Å². The summed E-state index contributed by atoms with van der Waals surface area (Å²) >= 11 is 1.61. The Morgan fingerprint density at radius 2 is 2.07 bits per heavy atom. The third-order valence-corrected chi connectivity index (χ3v) is 5.38. The van der Waals surface area contributed by atoms with Crippen molar-refractivity contribution in [3.63, 3.8) is 0 Å². The second-order valence-corrected chi connectivity index (χ2v) is 7.22. The Kier molecular flexibility index (Phi) is 5.26. The Morgan fingerprint density at radius 3 is 2.93 bits per heavy atom.